The van der Waals surface area contributed by atoms with E-state index in [0.29, 0.717) is 27.8 Å². The lowest BCUT2D eigenvalue weighted by Gasteiger charge is -2.11. The van der Waals surface area contributed by atoms with Gasteiger partial charge in [0.2, 0.25) is 4.96 Å². The molecule has 1 N–H and O–H groups in total. The molecule has 0 aliphatic carbocycles. The number of fused-ring (bicyclic) bond motifs is 1. The summed E-state index contributed by atoms with van der Waals surface area (Å²) in [6.07, 6.45) is 0. The first kappa shape index (κ1) is 18.7. The summed E-state index contributed by atoms with van der Waals surface area (Å²) in [6.45, 7) is 1.83. The molecule has 0 aliphatic rings. The fraction of sp³-hybridized carbons (Fsp3) is 0.111. The van der Waals surface area contributed by atoms with E-state index >= 15 is 0 Å². The van der Waals surface area contributed by atoms with Crippen LogP contribution < -0.4 is 10.1 Å². The van der Waals surface area contributed by atoms with Gasteiger partial charge in [-0.2, -0.15) is 9.61 Å². The van der Waals surface area contributed by atoms with Crippen LogP contribution in [0.25, 0.3) is 15.5 Å². The third-order valence-corrected chi connectivity index (χ3v) is 5.51. The maximum absolute atomic E-state index is 12.8. The molecule has 0 spiro atoms. The number of hydrogen-bond donors (Lipinski definition) is 1. The fourth-order valence-corrected chi connectivity index (χ4v) is 4.25. The number of hydrogen-bond acceptors (Lipinski definition) is 6. The van der Waals surface area contributed by atoms with Crippen molar-refractivity contribution < 1.29 is 9.53 Å². The minimum absolute atomic E-state index is 0.262. The Kier molecular flexibility index (Phi) is 4.92. The Balaban J connectivity index is 1.68. The van der Waals surface area contributed by atoms with Crippen LogP contribution in [0.1, 0.15) is 16.2 Å². The molecule has 7 nitrogen and oxygen atoms in total. The number of benzene rings is 2. The number of nitrogens with zero attached hydrogens (tertiary/aromatic N) is 4. The standard InChI is InChI=1S/C18H13Cl2N5O2S/c1-9-22-23-18-25(9)24-17(28-18)11-5-3-4-6-14(11)21-16(26)10-7-12(19)15(27-2)13(20)8-10/h3-8H,1-2H3,(H,21,26). The maximum Gasteiger partial charge on any atom is 0.255 e. The predicted molar refractivity (Wildman–Crippen MR) is 110 cm³/mol. The molecule has 4 aromatic rings. The van der Waals surface area contributed by atoms with E-state index in [9.17, 15) is 4.79 Å². The topological polar surface area (TPSA) is 81.4 Å². The van der Waals surface area contributed by atoms with Gasteiger partial charge in [0.1, 0.15) is 5.01 Å². The Morgan fingerprint density at radius 1 is 1.18 bits per heavy atom. The summed E-state index contributed by atoms with van der Waals surface area (Å²) < 4.78 is 6.79. The van der Waals surface area contributed by atoms with E-state index < -0.39 is 0 Å². The Morgan fingerprint density at radius 3 is 2.57 bits per heavy atom. The van der Waals surface area contributed by atoms with Crippen molar-refractivity contribution in [2.24, 2.45) is 0 Å². The first-order valence-electron chi connectivity index (χ1n) is 8.10. The highest BCUT2D eigenvalue weighted by molar-refractivity contribution is 7.19. The van der Waals surface area contributed by atoms with E-state index in [1.807, 2.05) is 25.1 Å². The molecule has 28 heavy (non-hydrogen) atoms. The van der Waals surface area contributed by atoms with Crippen molar-refractivity contribution in [3.63, 3.8) is 0 Å². The predicted octanol–water partition coefficient (Wildman–Crippen LogP) is 4.73. The van der Waals surface area contributed by atoms with Gasteiger partial charge in [-0.1, -0.05) is 46.7 Å². The number of carbonyl (C=O) groups excluding carboxylic acids is 1. The van der Waals surface area contributed by atoms with Crippen LogP contribution >= 0.6 is 34.5 Å². The lowest BCUT2D eigenvalue weighted by molar-refractivity contribution is 0.102. The molecule has 0 aliphatic heterocycles. The molecule has 0 atom stereocenters. The molecule has 0 fully saturated rings. The van der Waals surface area contributed by atoms with Crippen LogP contribution in [0.2, 0.25) is 10.0 Å². The number of amides is 1. The van der Waals surface area contributed by atoms with Crippen LogP contribution in [0.5, 0.6) is 5.75 Å². The first-order valence-corrected chi connectivity index (χ1v) is 9.68. The zero-order chi connectivity index (χ0) is 19.8. The van der Waals surface area contributed by atoms with E-state index in [4.69, 9.17) is 27.9 Å². The number of aryl methyl sites for hydroxylation is 1. The van der Waals surface area contributed by atoms with Gasteiger partial charge in [0.25, 0.3) is 5.91 Å². The largest absolute Gasteiger partial charge is 0.494 e. The van der Waals surface area contributed by atoms with Gasteiger partial charge in [-0.3, -0.25) is 4.79 Å². The monoisotopic (exact) mass is 433 g/mol. The maximum atomic E-state index is 12.8. The SMILES string of the molecule is COc1c(Cl)cc(C(=O)Nc2ccccc2-c2nn3c(C)nnc3s2)cc1Cl. The zero-order valence-corrected chi connectivity index (χ0v) is 17.1. The number of carbonyl (C=O) groups is 1. The van der Waals surface area contributed by atoms with Gasteiger partial charge >= 0.3 is 0 Å². The highest BCUT2D eigenvalue weighted by atomic mass is 35.5. The van der Waals surface area contributed by atoms with Crippen molar-refractivity contribution in [1.82, 2.24) is 19.8 Å². The van der Waals surface area contributed by atoms with Crippen molar-refractivity contribution in [3.05, 3.63) is 57.8 Å². The van der Waals surface area contributed by atoms with E-state index in [-0.39, 0.29) is 16.0 Å². The quantitative estimate of drug-likeness (QED) is 0.502. The molecule has 2 aromatic carbocycles. The molecule has 2 aromatic heterocycles. The van der Waals surface area contributed by atoms with Crippen LogP contribution in [-0.2, 0) is 0 Å². The van der Waals surface area contributed by atoms with Crippen molar-refractivity contribution >= 4 is 51.1 Å². The number of methoxy groups -OCH3 is 1. The highest BCUT2D eigenvalue weighted by Gasteiger charge is 2.17. The average Bonchev–Trinajstić information content (AvgIpc) is 3.24. The molecule has 0 unspecified atom stereocenters. The molecule has 0 saturated carbocycles. The molecule has 0 bridgehead atoms. The second-order valence-corrected chi connectivity index (χ2v) is 7.59. The van der Waals surface area contributed by atoms with Crippen LogP contribution in [0.4, 0.5) is 5.69 Å². The Morgan fingerprint density at radius 2 is 1.89 bits per heavy atom. The highest BCUT2D eigenvalue weighted by Crippen LogP contribution is 2.35. The normalized spacial score (nSPS) is 11.0. The van der Waals surface area contributed by atoms with Gasteiger partial charge in [-0.05, 0) is 31.2 Å². The van der Waals surface area contributed by atoms with Gasteiger partial charge in [-0.15, -0.1) is 10.2 Å². The third-order valence-electron chi connectivity index (χ3n) is 4.02. The average molecular weight is 434 g/mol. The number of nitrogens with one attached hydrogen (secondary N) is 1. The summed E-state index contributed by atoms with van der Waals surface area (Å²) in [5.41, 5.74) is 1.70. The molecule has 142 valence electrons. The number of aromatic nitrogens is 4. The summed E-state index contributed by atoms with van der Waals surface area (Å²) in [5.74, 6) is 0.676. The Bertz CT molecular complexity index is 1180. The van der Waals surface area contributed by atoms with Crippen molar-refractivity contribution in [2.45, 2.75) is 6.92 Å². The van der Waals surface area contributed by atoms with Crippen molar-refractivity contribution in [2.75, 3.05) is 12.4 Å². The third kappa shape index (κ3) is 3.30. The van der Waals surface area contributed by atoms with Crippen LogP contribution in [0.15, 0.2) is 36.4 Å². The lowest BCUT2D eigenvalue weighted by atomic mass is 10.1. The van der Waals surface area contributed by atoms with Gasteiger partial charge in [-0.25, -0.2) is 0 Å². The molecule has 0 saturated heterocycles. The van der Waals surface area contributed by atoms with Crippen molar-refractivity contribution in [3.8, 4) is 16.3 Å². The number of para-hydroxylation sites is 1. The van der Waals surface area contributed by atoms with E-state index in [0.717, 1.165) is 10.6 Å². The second-order valence-electron chi connectivity index (χ2n) is 5.82. The summed E-state index contributed by atoms with van der Waals surface area (Å²) in [5, 5.41) is 16.7. The molecular formula is C18H13Cl2N5O2S. The fourth-order valence-electron chi connectivity index (χ4n) is 2.68. The van der Waals surface area contributed by atoms with E-state index in [2.05, 4.69) is 20.6 Å². The Labute approximate surface area is 173 Å². The summed E-state index contributed by atoms with van der Waals surface area (Å²) in [6, 6.07) is 10.4. The number of halogens is 2. The molecule has 0 radical (unpaired) electrons. The number of anilines is 1. The lowest BCUT2D eigenvalue weighted by Crippen LogP contribution is -2.13. The van der Waals surface area contributed by atoms with Crippen LogP contribution in [-0.4, -0.2) is 32.8 Å². The zero-order valence-electron chi connectivity index (χ0n) is 14.7. The molecule has 2 heterocycles. The summed E-state index contributed by atoms with van der Waals surface area (Å²) in [7, 11) is 1.46. The molecular weight excluding hydrogens is 421 g/mol. The van der Waals surface area contributed by atoms with Gasteiger partial charge in [0, 0.05) is 11.1 Å². The number of ether oxygens (including phenoxy) is 1. The van der Waals surface area contributed by atoms with Gasteiger partial charge < -0.3 is 10.1 Å². The smallest absolute Gasteiger partial charge is 0.255 e. The van der Waals surface area contributed by atoms with Gasteiger partial charge in [0.15, 0.2) is 11.6 Å². The van der Waals surface area contributed by atoms with Crippen LogP contribution in [0, 0.1) is 6.92 Å². The summed E-state index contributed by atoms with van der Waals surface area (Å²) in [4.78, 5) is 13.4. The molecule has 4 rings (SSSR count). The Hall–Kier alpha value is -2.68. The minimum atomic E-state index is -0.349. The van der Waals surface area contributed by atoms with E-state index in [1.165, 1.54) is 30.6 Å². The molecule has 1 amide bonds. The van der Waals surface area contributed by atoms with E-state index in [1.54, 1.807) is 10.6 Å². The minimum Gasteiger partial charge on any atom is -0.494 e. The first-order chi connectivity index (χ1) is 13.5. The molecule has 10 heteroatoms. The van der Waals surface area contributed by atoms with Crippen molar-refractivity contribution in [1.29, 1.82) is 0 Å². The van der Waals surface area contributed by atoms with Gasteiger partial charge in [0.05, 0.1) is 22.8 Å². The summed E-state index contributed by atoms with van der Waals surface area (Å²) >= 11 is 13.7. The number of rotatable bonds is 4. The second kappa shape index (κ2) is 7.38. The van der Waals surface area contributed by atoms with Crippen LogP contribution in [0.3, 0.4) is 0 Å².